The first-order valence-electron chi connectivity index (χ1n) is 20.5. The van der Waals surface area contributed by atoms with E-state index >= 15 is 0 Å². The monoisotopic (exact) mass is 801 g/mol. The Labute approximate surface area is 349 Å². The highest BCUT2D eigenvalue weighted by atomic mass is 16.5. The van der Waals surface area contributed by atoms with Crippen LogP contribution in [0, 0.1) is 6.92 Å². The van der Waals surface area contributed by atoms with Crippen LogP contribution in [0.2, 0.25) is 0 Å². The second-order valence-corrected chi connectivity index (χ2v) is 14.9. The molecule has 10 nitrogen and oxygen atoms in total. The first-order chi connectivity index (χ1) is 28.8. The molecule has 0 radical (unpaired) electrons. The molecule has 0 saturated heterocycles. The van der Waals surface area contributed by atoms with Crippen molar-refractivity contribution in [1.82, 2.24) is 10.2 Å². The summed E-state index contributed by atoms with van der Waals surface area (Å²) in [4.78, 5) is 25.6. The summed E-state index contributed by atoms with van der Waals surface area (Å²) >= 11 is 0. The molecular formula is C49H59N3O7. The molecule has 312 valence electrons. The van der Waals surface area contributed by atoms with Crippen molar-refractivity contribution < 1.29 is 34.0 Å². The molecule has 4 N–H and O–H groups in total. The van der Waals surface area contributed by atoms with Crippen LogP contribution in [-0.2, 0) is 46.9 Å². The Morgan fingerprint density at radius 1 is 0.695 bits per heavy atom. The Morgan fingerprint density at radius 3 is 1.92 bits per heavy atom. The fourth-order valence-corrected chi connectivity index (χ4v) is 6.91. The number of nitrogens with zero attached hydrogens (tertiary/aromatic N) is 1. The molecule has 0 bridgehead atoms. The topological polar surface area (TPSA) is 130 Å². The van der Waals surface area contributed by atoms with Gasteiger partial charge >= 0.3 is 6.09 Å². The largest absolute Gasteiger partial charge is 0.487 e. The number of aliphatic hydroxyl groups excluding tert-OH is 2. The van der Waals surface area contributed by atoms with E-state index in [9.17, 15) is 19.8 Å². The number of hydrogen-bond donors (Lipinski definition) is 4. The molecule has 2 amide bonds. The third-order valence-corrected chi connectivity index (χ3v) is 10.3. The molecule has 5 aromatic carbocycles. The van der Waals surface area contributed by atoms with E-state index in [4.69, 9.17) is 14.2 Å². The summed E-state index contributed by atoms with van der Waals surface area (Å²) in [5, 5.41) is 28.5. The lowest BCUT2D eigenvalue weighted by Crippen LogP contribution is -2.33. The van der Waals surface area contributed by atoms with Gasteiger partial charge < -0.3 is 35.1 Å². The average Bonchev–Trinajstić information content (AvgIpc) is 3.26. The zero-order valence-electron chi connectivity index (χ0n) is 34.4. The van der Waals surface area contributed by atoms with Crippen LogP contribution in [0.3, 0.4) is 0 Å². The van der Waals surface area contributed by atoms with Crippen LogP contribution in [0.5, 0.6) is 5.75 Å². The lowest BCUT2D eigenvalue weighted by atomic mass is 10.0. The Hall–Kier alpha value is -5.52. The molecule has 2 atom stereocenters. The summed E-state index contributed by atoms with van der Waals surface area (Å²) in [6, 6.07) is 39.4. The molecule has 0 aliphatic rings. The highest BCUT2D eigenvalue weighted by Crippen LogP contribution is 2.30. The van der Waals surface area contributed by atoms with Gasteiger partial charge in [-0.25, -0.2) is 4.79 Å². The van der Waals surface area contributed by atoms with Gasteiger partial charge in [0.25, 0.3) is 0 Å². The molecule has 0 aliphatic heterocycles. The van der Waals surface area contributed by atoms with E-state index in [1.807, 2.05) is 91.9 Å². The van der Waals surface area contributed by atoms with Crippen LogP contribution in [0.4, 0.5) is 10.5 Å². The number of unbranched alkanes of at least 4 members (excludes halogenated alkanes) is 2. The first-order valence-corrected chi connectivity index (χ1v) is 20.5. The van der Waals surface area contributed by atoms with Crippen LogP contribution in [0.25, 0.3) is 0 Å². The van der Waals surface area contributed by atoms with Crippen LogP contribution in [-0.4, -0.2) is 60.9 Å². The predicted molar refractivity (Wildman–Crippen MR) is 232 cm³/mol. The molecule has 5 aromatic rings. The number of anilines is 1. The molecule has 5 rings (SSSR count). The van der Waals surface area contributed by atoms with E-state index < -0.39 is 18.3 Å². The van der Waals surface area contributed by atoms with Gasteiger partial charge in [0.2, 0.25) is 6.41 Å². The molecule has 10 heteroatoms. The molecule has 0 aromatic heterocycles. The number of carbonyl (C=O) groups is 2. The van der Waals surface area contributed by atoms with Crippen LogP contribution < -0.4 is 15.4 Å². The summed E-state index contributed by atoms with van der Waals surface area (Å²) in [6.07, 6.45) is 4.05. The minimum absolute atomic E-state index is 0.263. The van der Waals surface area contributed by atoms with Gasteiger partial charge in [-0.15, -0.1) is 0 Å². The number of benzene rings is 5. The zero-order valence-corrected chi connectivity index (χ0v) is 34.4. The van der Waals surface area contributed by atoms with E-state index in [0.717, 1.165) is 66.3 Å². The average molecular weight is 802 g/mol. The molecule has 0 fully saturated rings. The zero-order chi connectivity index (χ0) is 41.7. The number of methoxy groups -OCH3 is 1. The van der Waals surface area contributed by atoms with E-state index in [1.165, 1.54) is 11.1 Å². The number of alkyl carbamates (subject to hydrolysis) is 1. The predicted octanol–water partition coefficient (Wildman–Crippen LogP) is 8.63. The van der Waals surface area contributed by atoms with Crippen molar-refractivity contribution in [3.05, 3.63) is 166 Å². The van der Waals surface area contributed by atoms with Gasteiger partial charge in [-0.05, 0) is 109 Å². The Bertz CT molecular complexity index is 1990. The number of ether oxygens (including phenoxy) is 3. The van der Waals surface area contributed by atoms with E-state index in [1.54, 1.807) is 19.2 Å². The molecule has 0 unspecified atom stereocenters. The number of aliphatic hydroxyl groups is 2. The number of amides is 2. The highest BCUT2D eigenvalue weighted by Gasteiger charge is 2.20. The van der Waals surface area contributed by atoms with Gasteiger partial charge in [-0.2, -0.15) is 0 Å². The summed E-state index contributed by atoms with van der Waals surface area (Å²) in [5.74, 6) is 0.509. The summed E-state index contributed by atoms with van der Waals surface area (Å²) < 4.78 is 16.7. The molecule has 0 saturated carbocycles. The van der Waals surface area contributed by atoms with Crippen molar-refractivity contribution in [2.75, 3.05) is 38.6 Å². The fourth-order valence-electron chi connectivity index (χ4n) is 6.91. The van der Waals surface area contributed by atoms with E-state index in [0.29, 0.717) is 56.3 Å². The molecule has 0 aliphatic carbocycles. The van der Waals surface area contributed by atoms with Gasteiger partial charge in [0, 0.05) is 26.7 Å². The van der Waals surface area contributed by atoms with Crippen molar-refractivity contribution in [3.8, 4) is 5.75 Å². The lowest BCUT2D eigenvalue weighted by Gasteiger charge is -2.28. The van der Waals surface area contributed by atoms with E-state index in [2.05, 4.69) is 39.8 Å². The lowest BCUT2D eigenvalue weighted by molar-refractivity contribution is -0.105. The third-order valence-electron chi connectivity index (χ3n) is 10.3. The summed E-state index contributed by atoms with van der Waals surface area (Å²) in [6.45, 7) is 4.97. The normalized spacial score (nSPS) is 12.2. The van der Waals surface area contributed by atoms with Gasteiger partial charge in [0.1, 0.15) is 19.0 Å². The minimum atomic E-state index is -0.878. The maximum absolute atomic E-state index is 12.0. The second-order valence-electron chi connectivity index (χ2n) is 14.9. The molecule has 0 spiro atoms. The highest BCUT2D eigenvalue weighted by molar-refractivity contribution is 5.76. The minimum Gasteiger partial charge on any atom is -0.487 e. The van der Waals surface area contributed by atoms with Crippen molar-refractivity contribution in [1.29, 1.82) is 0 Å². The van der Waals surface area contributed by atoms with Crippen molar-refractivity contribution >= 4 is 18.2 Å². The van der Waals surface area contributed by atoms with Crippen molar-refractivity contribution in [3.63, 3.8) is 0 Å². The van der Waals surface area contributed by atoms with Gasteiger partial charge in [0.15, 0.2) is 0 Å². The van der Waals surface area contributed by atoms with Crippen molar-refractivity contribution in [2.45, 2.75) is 77.5 Å². The maximum Gasteiger partial charge on any atom is 0.407 e. The molecule has 0 heterocycles. The second kappa shape index (κ2) is 24.4. The molecular weight excluding hydrogens is 743 g/mol. The van der Waals surface area contributed by atoms with Crippen LogP contribution in [0.15, 0.2) is 121 Å². The Morgan fingerprint density at radius 2 is 1.29 bits per heavy atom. The van der Waals surface area contributed by atoms with Gasteiger partial charge in [0.05, 0.1) is 24.5 Å². The first kappa shape index (κ1) is 44.6. The number of aryl methyl sites for hydroxylation is 3. The standard InChI is InChI=1S/C49H59N3O7/c1-37-19-24-42(29-44(37)35-57-2)46(54)31-52(32-47(55)43-25-26-48(45(30-43)51-36-53)58-33-40-15-5-3-6-16-40)28-12-10-14-39-22-20-38(21-23-39)13-9-11-27-50-49(56)59-34-41-17-7-4-8-18-41/h3-8,15-26,29-30,36,46-47,54-55H,9-14,27-28,31-35H2,1-2H3,(H,50,56)(H,51,53)/t46-,47-/m0/s1. The third kappa shape index (κ3) is 15.3. The number of nitrogens with one attached hydrogen (secondary N) is 2. The Kier molecular flexibility index (Phi) is 18.4. The van der Waals surface area contributed by atoms with E-state index in [-0.39, 0.29) is 13.2 Å². The van der Waals surface area contributed by atoms with Gasteiger partial charge in [-0.3, -0.25) is 9.69 Å². The van der Waals surface area contributed by atoms with Gasteiger partial charge in [-0.1, -0.05) is 109 Å². The maximum atomic E-state index is 12.0. The number of hydrogen-bond acceptors (Lipinski definition) is 8. The number of carbonyl (C=O) groups excluding carboxylic acids is 2. The SMILES string of the molecule is COCc1cc([C@@H](O)CN(CCCCc2ccc(CCCCNC(=O)OCc3ccccc3)cc2)C[C@H](O)c2ccc(OCc3ccccc3)c(NC=O)c2)ccc1C. The van der Waals surface area contributed by atoms with Crippen LogP contribution >= 0.6 is 0 Å². The Balaban J connectivity index is 1.12. The quantitative estimate of drug-likeness (QED) is 0.0341. The summed E-state index contributed by atoms with van der Waals surface area (Å²) in [5.41, 5.74) is 8.53. The van der Waals surface area contributed by atoms with Crippen LogP contribution in [0.1, 0.15) is 82.4 Å². The smallest absolute Gasteiger partial charge is 0.407 e. The fraction of sp³-hybridized carbons (Fsp3) is 0.347. The van der Waals surface area contributed by atoms with Crippen molar-refractivity contribution in [2.24, 2.45) is 0 Å². The number of rotatable bonds is 25. The molecule has 59 heavy (non-hydrogen) atoms. The summed E-state index contributed by atoms with van der Waals surface area (Å²) in [7, 11) is 1.66.